The van der Waals surface area contributed by atoms with Crippen LogP contribution in [0.25, 0.3) is 0 Å². The maximum Gasteiger partial charge on any atom is 0.191 e. The normalized spacial score (nSPS) is 11.0. The van der Waals surface area contributed by atoms with Crippen LogP contribution in [0.4, 0.5) is 0 Å². The van der Waals surface area contributed by atoms with Crippen LogP contribution < -0.4 is 10.6 Å². The van der Waals surface area contributed by atoms with Gasteiger partial charge in [-0.2, -0.15) is 0 Å². The molecule has 0 aliphatic rings. The van der Waals surface area contributed by atoms with E-state index in [0.29, 0.717) is 6.61 Å². The number of nitrogens with zero attached hydrogens (tertiary/aromatic N) is 1. The van der Waals surface area contributed by atoms with E-state index in [1.165, 1.54) is 5.56 Å². The smallest absolute Gasteiger partial charge is 0.191 e. The molecule has 0 aliphatic carbocycles. The van der Waals surface area contributed by atoms with Crippen molar-refractivity contribution in [2.75, 3.05) is 26.2 Å². The van der Waals surface area contributed by atoms with Gasteiger partial charge in [-0.05, 0) is 37.5 Å². The van der Waals surface area contributed by atoms with E-state index in [1.807, 2.05) is 30.3 Å². The van der Waals surface area contributed by atoms with Crippen LogP contribution in [-0.2, 0) is 17.8 Å². The van der Waals surface area contributed by atoms with E-state index in [4.69, 9.17) is 9.15 Å². The number of halogens is 1. The molecule has 2 N–H and O–H groups in total. The number of hydrogen-bond acceptors (Lipinski definition) is 3. The van der Waals surface area contributed by atoms with Crippen LogP contribution in [0.5, 0.6) is 0 Å². The van der Waals surface area contributed by atoms with Gasteiger partial charge in [0.05, 0.1) is 12.9 Å². The van der Waals surface area contributed by atoms with E-state index in [9.17, 15) is 0 Å². The Bertz CT molecular complexity index is 588. The molecule has 5 nitrogen and oxygen atoms in total. The second-order valence-corrected chi connectivity index (χ2v) is 5.76. The van der Waals surface area contributed by atoms with E-state index in [0.717, 1.165) is 57.2 Å². The van der Waals surface area contributed by atoms with Crippen LogP contribution in [0.2, 0.25) is 0 Å². The molecule has 0 spiro atoms. The van der Waals surface area contributed by atoms with Crippen molar-refractivity contribution in [3.05, 3.63) is 60.1 Å². The monoisotopic (exact) mass is 471 g/mol. The van der Waals surface area contributed by atoms with Crippen molar-refractivity contribution >= 4 is 29.9 Å². The number of nitrogens with one attached hydrogen (secondary N) is 2. The molecule has 0 unspecified atom stereocenters. The molecular formula is C20H30IN3O2. The Morgan fingerprint density at radius 3 is 2.65 bits per heavy atom. The van der Waals surface area contributed by atoms with Crippen LogP contribution in [-0.4, -0.2) is 32.2 Å². The minimum absolute atomic E-state index is 0. The van der Waals surface area contributed by atoms with Gasteiger partial charge in [0.15, 0.2) is 5.96 Å². The van der Waals surface area contributed by atoms with Crippen LogP contribution in [0, 0.1) is 0 Å². The van der Waals surface area contributed by atoms with Crippen molar-refractivity contribution < 1.29 is 9.15 Å². The highest BCUT2D eigenvalue weighted by molar-refractivity contribution is 14.0. The highest BCUT2D eigenvalue weighted by atomic mass is 127. The number of guanidine groups is 1. The number of unbranched alkanes of at least 4 members (excludes halogenated alkanes) is 1. The second kappa shape index (κ2) is 14.6. The molecule has 2 rings (SSSR count). The fourth-order valence-electron chi connectivity index (χ4n) is 2.37. The predicted molar refractivity (Wildman–Crippen MR) is 117 cm³/mol. The average Bonchev–Trinajstić information content (AvgIpc) is 3.15. The number of rotatable bonds is 11. The lowest BCUT2D eigenvalue weighted by Gasteiger charge is -2.10. The van der Waals surface area contributed by atoms with Crippen LogP contribution >= 0.6 is 24.0 Å². The topological polar surface area (TPSA) is 58.8 Å². The lowest BCUT2D eigenvalue weighted by molar-refractivity contribution is 0.117. The Morgan fingerprint density at radius 1 is 1.08 bits per heavy atom. The van der Waals surface area contributed by atoms with Crippen molar-refractivity contribution in [3.63, 3.8) is 0 Å². The summed E-state index contributed by atoms with van der Waals surface area (Å²) in [7, 11) is 0. The summed E-state index contributed by atoms with van der Waals surface area (Å²) in [6.45, 7) is 5.98. The predicted octanol–water partition coefficient (Wildman–Crippen LogP) is 3.99. The van der Waals surface area contributed by atoms with E-state index in [1.54, 1.807) is 6.26 Å². The molecule has 0 bridgehead atoms. The summed E-state index contributed by atoms with van der Waals surface area (Å²) in [5.74, 6) is 1.85. The van der Waals surface area contributed by atoms with Crippen LogP contribution in [0.15, 0.2) is 58.1 Å². The summed E-state index contributed by atoms with van der Waals surface area (Å²) in [6.07, 6.45) is 4.59. The highest BCUT2D eigenvalue weighted by Crippen LogP contribution is 2.02. The first-order valence-corrected chi connectivity index (χ1v) is 9.04. The fraction of sp³-hybridized carbons (Fsp3) is 0.450. The SMILES string of the molecule is CCNC(=NCCCCOCc1ccccc1)NCCc1ccco1.I. The number of aliphatic imine (C=N–C) groups is 1. The molecule has 0 saturated carbocycles. The molecule has 26 heavy (non-hydrogen) atoms. The molecule has 2 aromatic rings. The van der Waals surface area contributed by atoms with E-state index < -0.39 is 0 Å². The maximum atomic E-state index is 5.69. The molecule has 6 heteroatoms. The largest absolute Gasteiger partial charge is 0.469 e. The Balaban J connectivity index is 0.00000338. The van der Waals surface area contributed by atoms with E-state index in [2.05, 4.69) is 34.7 Å². The number of hydrogen-bond donors (Lipinski definition) is 2. The van der Waals surface area contributed by atoms with Gasteiger partial charge in [0.1, 0.15) is 5.76 Å². The third-order valence-corrected chi connectivity index (χ3v) is 3.67. The number of benzene rings is 1. The second-order valence-electron chi connectivity index (χ2n) is 5.76. The fourth-order valence-corrected chi connectivity index (χ4v) is 2.37. The molecule has 0 fully saturated rings. The number of ether oxygens (including phenoxy) is 1. The molecular weight excluding hydrogens is 441 g/mol. The maximum absolute atomic E-state index is 5.69. The van der Waals surface area contributed by atoms with Gasteiger partial charge in [0, 0.05) is 32.7 Å². The van der Waals surface area contributed by atoms with Crippen molar-refractivity contribution in [3.8, 4) is 0 Å². The quantitative estimate of drug-likeness (QED) is 0.225. The Labute approximate surface area is 173 Å². The molecule has 1 aromatic carbocycles. The van der Waals surface area contributed by atoms with E-state index >= 15 is 0 Å². The van der Waals surface area contributed by atoms with E-state index in [-0.39, 0.29) is 24.0 Å². The summed E-state index contributed by atoms with van der Waals surface area (Å²) < 4.78 is 11.0. The zero-order chi connectivity index (χ0) is 17.6. The lowest BCUT2D eigenvalue weighted by Crippen LogP contribution is -2.38. The van der Waals surface area contributed by atoms with Crippen molar-refractivity contribution in [1.29, 1.82) is 0 Å². The number of furan rings is 1. The van der Waals surface area contributed by atoms with Crippen molar-refractivity contribution in [2.45, 2.75) is 32.8 Å². The molecule has 0 atom stereocenters. The molecule has 144 valence electrons. The molecule has 0 amide bonds. The average molecular weight is 471 g/mol. The van der Waals surface area contributed by atoms with Gasteiger partial charge in [-0.25, -0.2) is 0 Å². The third-order valence-electron chi connectivity index (χ3n) is 3.67. The molecule has 1 aromatic heterocycles. The molecule has 0 saturated heterocycles. The Morgan fingerprint density at radius 2 is 1.92 bits per heavy atom. The van der Waals surface area contributed by atoms with Crippen molar-refractivity contribution in [1.82, 2.24) is 10.6 Å². The summed E-state index contributed by atoms with van der Waals surface area (Å²) in [5.41, 5.74) is 1.22. The van der Waals surface area contributed by atoms with Gasteiger partial charge < -0.3 is 19.8 Å². The van der Waals surface area contributed by atoms with Gasteiger partial charge in [-0.3, -0.25) is 4.99 Å². The van der Waals surface area contributed by atoms with Gasteiger partial charge >= 0.3 is 0 Å². The minimum atomic E-state index is 0. The minimum Gasteiger partial charge on any atom is -0.469 e. The van der Waals surface area contributed by atoms with Gasteiger partial charge in [0.25, 0.3) is 0 Å². The van der Waals surface area contributed by atoms with Gasteiger partial charge in [-0.1, -0.05) is 30.3 Å². The standard InChI is InChI=1S/C20H29N3O2.HI/c1-2-21-20(23-14-12-19-11-8-16-25-19)22-13-6-7-15-24-17-18-9-4-3-5-10-18;/h3-5,8-11,16H,2,6-7,12-15,17H2,1H3,(H2,21,22,23);1H. The summed E-state index contributed by atoms with van der Waals surface area (Å²) >= 11 is 0. The Hall–Kier alpha value is -1.54. The highest BCUT2D eigenvalue weighted by Gasteiger charge is 1.99. The van der Waals surface area contributed by atoms with Crippen LogP contribution in [0.3, 0.4) is 0 Å². The van der Waals surface area contributed by atoms with Crippen LogP contribution in [0.1, 0.15) is 31.1 Å². The van der Waals surface area contributed by atoms with Gasteiger partial charge in [-0.15, -0.1) is 24.0 Å². The summed E-state index contributed by atoms with van der Waals surface area (Å²) in [5, 5.41) is 6.59. The Kier molecular flexibility index (Phi) is 12.6. The zero-order valence-electron chi connectivity index (χ0n) is 15.4. The van der Waals surface area contributed by atoms with Crippen molar-refractivity contribution in [2.24, 2.45) is 4.99 Å². The summed E-state index contributed by atoms with van der Waals surface area (Å²) in [4.78, 5) is 4.60. The first kappa shape index (κ1) is 22.5. The van der Waals surface area contributed by atoms with Gasteiger partial charge in [0.2, 0.25) is 0 Å². The summed E-state index contributed by atoms with van der Waals surface area (Å²) in [6, 6.07) is 14.2. The molecule has 0 radical (unpaired) electrons. The molecule has 1 heterocycles. The zero-order valence-corrected chi connectivity index (χ0v) is 17.8. The molecule has 0 aliphatic heterocycles. The first-order chi connectivity index (χ1) is 12.4. The first-order valence-electron chi connectivity index (χ1n) is 9.04. The lowest BCUT2D eigenvalue weighted by atomic mass is 10.2. The third kappa shape index (κ3) is 9.82.